The van der Waals surface area contributed by atoms with Gasteiger partial charge in [-0.1, -0.05) is 157 Å². The maximum Gasteiger partial charge on any atom is 0.410 e. The second-order valence-electron chi connectivity index (χ2n) is 19.7. The molecule has 4 aliphatic rings. The van der Waals surface area contributed by atoms with E-state index in [0.29, 0.717) is 43.6 Å². The highest BCUT2D eigenvalue weighted by Crippen LogP contribution is 2.47. The average Bonchev–Trinajstić information content (AvgIpc) is 4.23. The largest absolute Gasteiger partial charge is 0.448 e. The lowest BCUT2D eigenvalue weighted by Crippen LogP contribution is -2.62. The molecule has 1 aromatic heterocycles. The molecule has 5 heterocycles. The number of hydrogen-bond donors (Lipinski definition) is 1. The first-order valence-corrected chi connectivity index (χ1v) is 26.6. The molecule has 2 N–H and O–H groups in total. The van der Waals surface area contributed by atoms with E-state index in [9.17, 15) is 24.0 Å². The number of β-lactam (4-membered cyclic amide) rings is 1. The van der Waals surface area contributed by atoms with Crippen molar-refractivity contribution in [2.45, 2.75) is 68.8 Å². The third-order valence-electron chi connectivity index (χ3n) is 13.6. The number of likely N-dealkylation sites (tertiary alicyclic amines) is 2. The Bertz CT molecular complexity index is 3050. The summed E-state index contributed by atoms with van der Waals surface area (Å²) in [5, 5.41) is 4.07. The number of thioether (sulfide) groups is 1. The normalized spacial score (nSPS) is 19.6. The third-order valence-corrected chi connectivity index (χ3v) is 15.5. The summed E-state index contributed by atoms with van der Waals surface area (Å²) in [4.78, 5) is 87.8. The number of nitrogen functional groups attached to an aromatic ring is 1. The molecule has 0 aliphatic carbocycles. The highest BCUT2D eigenvalue weighted by Gasteiger charge is 2.55. The Kier molecular flexibility index (Phi) is 14.5. The Balaban J connectivity index is 0.969. The minimum atomic E-state index is -1.35. The van der Waals surface area contributed by atoms with Crippen molar-refractivity contribution in [2.24, 2.45) is 11.1 Å². The molecule has 0 spiro atoms. The Hall–Kier alpha value is -7.89. The smallest absolute Gasteiger partial charge is 0.410 e. The van der Waals surface area contributed by atoms with Crippen LogP contribution >= 0.6 is 23.3 Å². The van der Waals surface area contributed by atoms with Crippen LogP contribution in [0.25, 0.3) is 0 Å². The van der Waals surface area contributed by atoms with E-state index in [1.165, 1.54) is 16.7 Å². The van der Waals surface area contributed by atoms with Crippen LogP contribution in [0.5, 0.6) is 0 Å². The number of allylic oxidation sites excluding steroid dienone is 1. The second kappa shape index (κ2) is 21.5. The molecule has 17 heteroatoms. The van der Waals surface area contributed by atoms with E-state index in [1.807, 2.05) is 172 Å². The van der Waals surface area contributed by atoms with Gasteiger partial charge in [-0.05, 0) is 56.4 Å². The van der Waals surface area contributed by atoms with Gasteiger partial charge in [-0.3, -0.25) is 19.3 Å². The molecule has 0 saturated carbocycles. The van der Waals surface area contributed by atoms with Gasteiger partial charge in [0.25, 0.3) is 0 Å². The highest BCUT2D eigenvalue weighted by molar-refractivity contribution is 8.00. The maximum absolute atomic E-state index is 15.0. The molecule has 382 valence electrons. The number of ether oxygens (including phenoxy) is 2. The van der Waals surface area contributed by atoms with Crippen molar-refractivity contribution in [1.82, 2.24) is 24.1 Å². The number of fused-ring (bicyclic) bond motifs is 1. The average molecular weight is 1040 g/mol. The van der Waals surface area contributed by atoms with Crippen molar-refractivity contribution in [3.05, 3.63) is 208 Å². The van der Waals surface area contributed by atoms with Crippen LogP contribution in [-0.4, -0.2) is 102 Å². The van der Waals surface area contributed by atoms with Gasteiger partial charge in [0, 0.05) is 65.6 Å². The quantitative estimate of drug-likeness (QED) is 0.0257. The summed E-state index contributed by atoms with van der Waals surface area (Å²) >= 11 is 2.28. The Morgan fingerprint density at radius 1 is 0.800 bits per heavy atom. The fraction of sp³-hybridized carbons (Fsp3) is 0.276. The number of nitrogens with zero attached hydrogens (tertiary/aromatic N) is 6. The number of rotatable bonds is 15. The molecule has 3 amide bonds. The number of esters is 1. The zero-order valence-corrected chi connectivity index (χ0v) is 43.2. The first-order valence-electron chi connectivity index (χ1n) is 24.8. The molecule has 0 unspecified atom stereocenters. The van der Waals surface area contributed by atoms with E-state index in [4.69, 9.17) is 20.0 Å². The zero-order valence-electron chi connectivity index (χ0n) is 41.6. The Labute approximate surface area is 443 Å². The van der Waals surface area contributed by atoms with E-state index in [0.717, 1.165) is 39.3 Å². The number of aromatic nitrogens is 2. The summed E-state index contributed by atoms with van der Waals surface area (Å²) in [6.45, 7) is 6.67. The van der Waals surface area contributed by atoms with Crippen LogP contribution in [0.15, 0.2) is 180 Å². The van der Waals surface area contributed by atoms with Gasteiger partial charge >= 0.3 is 12.1 Å². The lowest BCUT2D eigenvalue weighted by atomic mass is 9.80. The molecule has 3 fully saturated rings. The van der Waals surface area contributed by atoms with Crippen molar-refractivity contribution in [2.75, 3.05) is 31.1 Å². The van der Waals surface area contributed by atoms with Gasteiger partial charge < -0.3 is 29.8 Å². The van der Waals surface area contributed by atoms with Crippen molar-refractivity contribution in [1.29, 1.82) is 0 Å². The first kappa shape index (κ1) is 50.6. The van der Waals surface area contributed by atoms with Crippen molar-refractivity contribution in [3.8, 4) is 0 Å². The van der Waals surface area contributed by atoms with Crippen LogP contribution in [0, 0.1) is 5.92 Å². The molecule has 75 heavy (non-hydrogen) atoms. The van der Waals surface area contributed by atoms with E-state index in [1.54, 1.807) is 15.9 Å². The van der Waals surface area contributed by atoms with Crippen LogP contribution in [0.3, 0.4) is 0 Å². The van der Waals surface area contributed by atoms with E-state index in [2.05, 4.69) is 14.5 Å². The number of oxime groups is 1. The minimum absolute atomic E-state index is 0.00422. The number of carbonyl (C=O) groups is 5. The Morgan fingerprint density at radius 2 is 1.36 bits per heavy atom. The van der Waals surface area contributed by atoms with Crippen LogP contribution in [0.2, 0.25) is 0 Å². The van der Waals surface area contributed by atoms with Gasteiger partial charge in [-0.15, -0.1) is 11.8 Å². The van der Waals surface area contributed by atoms with Crippen LogP contribution < -0.4 is 5.73 Å². The number of carbonyl (C=O) groups excluding carboxylic acids is 5. The number of amides is 3. The summed E-state index contributed by atoms with van der Waals surface area (Å²) in [6, 6.07) is 47.1. The molecule has 5 aromatic carbocycles. The molecule has 3 saturated heterocycles. The number of anilines is 1. The fourth-order valence-corrected chi connectivity index (χ4v) is 11.9. The third kappa shape index (κ3) is 10.5. The van der Waals surface area contributed by atoms with Crippen molar-refractivity contribution >= 4 is 63.8 Å². The molecular formula is C58H55N7O8S2. The van der Waals surface area contributed by atoms with Gasteiger partial charge in [0.15, 0.2) is 22.7 Å². The van der Waals surface area contributed by atoms with E-state index >= 15 is 0 Å². The van der Waals surface area contributed by atoms with Crippen molar-refractivity contribution < 1.29 is 38.3 Å². The molecule has 0 bridgehead atoms. The van der Waals surface area contributed by atoms with Gasteiger partial charge in [0.1, 0.15) is 11.3 Å². The fourth-order valence-electron chi connectivity index (χ4n) is 10.1. The summed E-state index contributed by atoms with van der Waals surface area (Å²) in [6.07, 6.45) is 1.12. The van der Waals surface area contributed by atoms with Gasteiger partial charge in [-0.2, -0.15) is 9.36 Å². The van der Waals surface area contributed by atoms with E-state index in [-0.39, 0.29) is 46.5 Å². The summed E-state index contributed by atoms with van der Waals surface area (Å²) < 4.78 is 16.4. The van der Waals surface area contributed by atoms with Crippen LogP contribution in [-0.2, 0) is 39.1 Å². The summed E-state index contributed by atoms with van der Waals surface area (Å²) in [5.41, 5.74) is 8.45. The Morgan fingerprint density at radius 3 is 1.89 bits per heavy atom. The summed E-state index contributed by atoms with van der Waals surface area (Å²) in [7, 11) is 0. The molecule has 6 aromatic rings. The van der Waals surface area contributed by atoms with Gasteiger partial charge in [0.2, 0.25) is 23.2 Å². The van der Waals surface area contributed by atoms with Crippen LogP contribution in [0.4, 0.5) is 9.93 Å². The predicted octanol–water partition coefficient (Wildman–Crippen LogP) is 9.08. The predicted molar refractivity (Wildman–Crippen MR) is 286 cm³/mol. The van der Waals surface area contributed by atoms with E-state index < -0.39 is 52.4 Å². The topological polar surface area (TPSA) is 187 Å². The highest BCUT2D eigenvalue weighted by atomic mass is 32.2. The number of Topliss-reactive ketones (excluding diaryl/α,β-unsaturated/α-hetero) is 1. The molecule has 4 aliphatic heterocycles. The lowest BCUT2D eigenvalue weighted by Gasteiger charge is -2.49. The lowest BCUT2D eigenvalue weighted by molar-refractivity contribution is -0.157. The zero-order chi connectivity index (χ0) is 52.3. The number of benzene rings is 5. The standard InChI is InChI=1S/C58H55N7O8S2/c1-57(2,3)72-56(70)63-31-30-44(35-63)64-32-29-39(51(64)67)33-40-36-74-53-45(52(68)65(53)48(40)54(69)71-49(37-19-9-4-10-20-37)38-21-11-5-12-22-38)34-46(66)47(50-60-55(59)75-62-50)61-73-58(41-23-13-6-14-24-41,42-25-15-7-16-26-42)43-27-17-8-18-28-43/h4-28,33,44-45,49,53H,29-32,34-36H2,1-3H3,(H2,59,60,62)/b39-33+,61-47+/t44-,45-,53-/m1/s1. The minimum Gasteiger partial charge on any atom is -0.448 e. The number of ketones is 1. The summed E-state index contributed by atoms with van der Waals surface area (Å²) in [5.74, 6) is -2.75. The van der Waals surface area contributed by atoms with Crippen LogP contribution in [0.1, 0.15) is 79.8 Å². The molecular weight excluding hydrogens is 987 g/mol. The molecule has 15 nitrogen and oxygen atoms in total. The maximum atomic E-state index is 15.0. The number of nitrogens with two attached hydrogens (primary N) is 1. The van der Waals surface area contributed by atoms with Gasteiger partial charge in [0.05, 0.1) is 17.3 Å². The monoisotopic (exact) mass is 1040 g/mol. The first-order chi connectivity index (χ1) is 36.3. The van der Waals surface area contributed by atoms with Crippen molar-refractivity contribution in [3.63, 3.8) is 0 Å². The molecule has 10 rings (SSSR count). The second-order valence-corrected chi connectivity index (χ2v) is 21.6. The molecule has 3 atom stereocenters. The SMILES string of the molecule is CC(C)(C)OC(=O)N1CC[C@@H](N2CC/C(=C\C3=C(C(=O)OC(c4ccccc4)c4ccccc4)N4C(=O)[C@@H](CC(=O)/C(=N\OC(c5ccccc5)(c5ccccc5)c5ccccc5)c5nsc(N)n5)[C@H]4SC3)C2=O)C1. The van der Waals surface area contributed by atoms with Gasteiger partial charge in [-0.25, -0.2) is 9.59 Å². The number of hydrogen-bond acceptors (Lipinski definition) is 14. The molecule has 0 radical (unpaired) electrons.